The lowest BCUT2D eigenvalue weighted by molar-refractivity contribution is -0.141. The number of carbonyl (C=O) groups is 2. The van der Waals surface area contributed by atoms with Crippen LogP contribution in [0.3, 0.4) is 0 Å². The fourth-order valence-corrected chi connectivity index (χ4v) is 6.15. The Morgan fingerprint density at radius 3 is 2.49 bits per heavy atom. The highest BCUT2D eigenvalue weighted by Gasteiger charge is 2.95. The molecule has 3 fully saturated rings. The van der Waals surface area contributed by atoms with Crippen molar-refractivity contribution in [1.29, 1.82) is 0 Å². The Morgan fingerprint density at radius 2 is 1.83 bits per heavy atom. The Morgan fingerprint density at radius 1 is 1.00 bits per heavy atom. The molecular weight excluding hydrogens is 440 g/mol. The Hall–Kier alpha value is -4.00. The molecule has 2 N–H and O–H groups in total. The average Bonchev–Trinajstić information content (AvgIpc) is 3.79. The van der Waals surface area contributed by atoms with Crippen LogP contribution in [-0.2, 0) is 11.3 Å². The number of hydrogen-bond donors (Lipinski definition) is 2. The van der Waals surface area contributed by atoms with E-state index >= 15 is 0 Å². The molecule has 7 heteroatoms. The summed E-state index contributed by atoms with van der Waals surface area (Å²) in [5.74, 6) is -0.837. The largest absolute Gasteiger partial charge is 0.481 e. The van der Waals surface area contributed by atoms with Gasteiger partial charge in [0.1, 0.15) is 0 Å². The van der Waals surface area contributed by atoms with Crippen LogP contribution in [0.2, 0.25) is 0 Å². The van der Waals surface area contributed by atoms with Crippen LogP contribution in [0, 0.1) is 10.8 Å². The van der Waals surface area contributed by atoms with Crippen molar-refractivity contribution in [2.75, 3.05) is 0 Å². The van der Waals surface area contributed by atoms with E-state index in [1.54, 1.807) is 6.20 Å². The average molecular weight is 465 g/mol. The zero-order valence-electron chi connectivity index (χ0n) is 19.1. The van der Waals surface area contributed by atoms with Crippen molar-refractivity contribution < 1.29 is 14.7 Å². The quantitative estimate of drug-likeness (QED) is 0.426. The minimum absolute atomic E-state index is 0.125. The molecule has 0 atom stereocenters. The molecule has 3 saturated carbocycles. The summed E-state index contributed by atoms with van der Waals surface area (Å²) in [7, 11) is 0. The molecule has 7 rings (SSSR count). The molecule has 3 aliphatic rings. The smallest absolute Gasteiger partial charge is 0.310 e. The van der Waals surface area contributed by atoms with Crippen LogP contribution in [0.4, 0.5) is 0 Å². The minimum Gasteiger partial charge on any atom is -0.481 e. The first-order valence-corrected chi connectivity index (χ1v) is 12.0. The molecule has 0 bridgehead atoms. The third kappa shape index (κ3) is 2.84. The zero-order valence-corrected chi connectivity index (χ0v) is 19.1. The number of pyridine rings is 2. The maximum atomic E-state index is 13.5. The van der Waals surface area contributed by atoms with Gasteiger partial charge >= 0.3 is 5.97 Å². The Labute approximate surface area is 201 Å². The van der Waals surface area contributed by atoms with Crippen molar-refractivity contribution in [3.63, 3.8) is 0 Å². The lowest BCUT2D eigenvalue weighted by atomic mass is 10.0. The Kier molecular flexibility index (Phi) is 3.95. The van der Waals surface area contributed by atoms with E-state index in [0.717, 1.165) is 40.6 Å². The maximum Gasteiger partial charge on any atom is 0.310 e. The molecular formula is C28H24N4O3. The Balaban J connectivity index is 1.15. The van der Waals surface area contributed by atoms with Gasteiger partial charge < -0.3 is 15.0 Å². The van der Waals surface area contributed by atoms with Gasteiger partial charge in [-0.05, 0) is 49.9 Å². The molecule has 3 heterocycles. The van der Waals surface area contributed by atoms with Crippen LogP contribution < -0.4 is 5.32 Å². The second kappa shape index (κ2) is 6.78. The maximum absolute atomic E-state index is 13.5. The summed E-state index contributed by atoms with van der Waals surface area (Å²) in [4.78, 5) is 34.0. The molecule has 1 amide bonds. The van der Waals surface area contributed by atoms with Crippen LogP contribution in [-0.4, -0.2) is 37.1 Å². The molecule has 3 aliphatic carbocycles. The number of carboxylic acid groups (broad SMARTS) is 1. The topological polar surface area (TPSA) is 97.1 Å². The normalized spacial score (nSPS) is 25.0. The number of nitrogens with zero attached hydrogens (tertiary/aromatic N) is 3. The van der Waals surface area contributed by atoms with Crippen molar-refractivity contribution in [2.24, 2.45) is 10.8 Å². The molecule has 0 radical (unpaired) electrons. The first-order chi connectivity index (χ1) is 17.0. The van der Waals surface area contributed by atoms with E-state index in [-0.39, 0.29) is 16.9 Å². The SMILES string of the molecule is O=C(NC1(C23CC2(C(=O)O)C3)CC1)c1cccc2ccn(Cc3ccc(-c4cccnc4)cn3)c12. The van der Waals surface area contributed by atoms with Gasteiger partial charge in [-0.2, -0.15) is 0 Å². The van der Waals surface area contributed by atoms with Gasteiger partial charge in [-0.3, -0.25) is 19.6 Å². The number of carboxylic acids is 1. The van der Waals surface area contributed by atoms with Gasteiger partial charge in [0.25, 0.3) is 5.91 Å². The number of benzene rings is 1. The fourth-order valence-electron chi connectivity index (χ4n) is 6.15. The molecule has 35 heavy (non-hydrogen) atoms. The molecule has 0 unspecified atom stereocenters. The third-order valence-corrected chi connectivity index (χ3v) is 8.49. The standard InChI is InChI=1S/C28H24N4O3/c33-24(31-28(9-10-28)27-16-26(27,17-27)25(34)35)22-5-1-3-18-8-12-32(23(18)22)15-21-7-6-20(14-30-21)19-4-2-11-29-13-19/h1-8,11-14H,9-10,15-17H2,(H,31,33)(H,34,35). The lowest BCUT2D eigenvalue weighted by Crippen LogP contribution is -2.41. The van der Waals surface area contributed by atoms with Gasteiger partial charge in [0.2, 0.25) is 0 Å². The molecule has 174 valence electrons. The van der Waals surface area contributed by atoms with E-state index in [1.165, 1.54) is 0 Å². The summed E-state index contributed by atoms with van der Waals surface area (Å²) < 4.78 is 2.06. The second-order valence-corrected chi connectivity index (χ2v) is 10.3. The molecule has 4 aromatic rings. The molecule has 0 saturated heterocycles. The summed E-state index contributed by atoms with van der Waals surface area (Å²) in [6, 6.07) is 15.7. The zero-order chi connectivity index (χ0) is 23.8. The van der Waals surface area contributed by atoms with Crippen LogP contribution in [0.1, 0.15) is 41.7 Å². The molecule has 0 spiro atoms. The van der Waals surface area contributed by atoms with Crippen LogP contribution >= 0.6 is 0 Å². The number of aromatic nitrogens is 3. The number of aliphatic carboxylic acids is 1. The van der Waals surface area contributed by atoms with E-state index in [4.69, 9.17) is 0 Å². The highest BCUT2D eigenvalue weighted by molar-refractivity contribution is 6.06. The van der Waals surface area contributed by atoms with Gasteiger partial charge in [-0.1, -0.05) is 24.3 Å². The van der Waals surface area contributed by atoms with E-state index in [2.05, 4.69) is 19.9 Å². The van der Waals surface area contributed by atoms with Crippen LogP contribution in [0.5, 0.6) is 0 Å². The Bertz CT molecular complexity index is 1500. The van der Waals surface area contributed by atoms with E-state index in [0.29, 0.717) is 24.9 Å². The molecule has 1 aromatic carbocycles. The van der Waals surface area contributed by atoms with Crippen molar-refractivity contribution in [2.45, 2.75) is 37.8 Å². The fraction of sp³-hybridized carbons (Fsp3) is 0.286. The van der Waals surface area contributed by atoms with Gasteiger partial charge in [0.15, 0.2) is 0 Å². The van der Waals surface area contributed by atoms with Crippen molar-refractivity contribution in [3.8, 4) is 11.1 Å². The van der Waals surface area contributed by atoms with Gasteiger partial charge in [0.05, 0.1) is 28.7 Å². The summed E-state index contributed by atoms with van der Waals surface area (Å²) in [6.07, 6.45) is 10.5. The summed E-state index contributed by atoms with van der Waals surface area (Å²) >= 11 is 0. The number of rotatable bonds is 7. The summed E-state index contributed by atoms with van der Waals surface area (Å²) in [5.41, 5.74) is 3.23. The van der Waals surface area contributed by atoms with E-state index in [1.807, 2.05) is 67.1 Å². The molecule has 3 aromatic heterocycles. The number of nitrogens with one attached hydrogen (secondary N) is 1. The third-order valence-electron chi connectivity index (χ3n) is 8.49. The predicted molar refractivity (Wildman–Crippen MR) is 130 cm³/mol. The van der Waals surface area contributed by atoms with Crippen molar-refractivity contribution in [3.05, 3.63) is 84.6 Å². The van der Waals surface area contributed by atoms with Crippen LogP contribution in [0.15, 0.2) is 73.3 Å². The number of fused-ring (bicyclic) bond motifs is 2. The van der Waals surface area contributed by atoms with Gasteiger partial charge in [-0.15, -0.1) is 0 Å². The van der Waals surface area contributed by atoms with Crippen molar-refractivity contribution >= 4 is 22.8 Å². The minimum atomic E-state index is -0.712. The van der Waals surface area contributed by atoms with Gasteiger partial charge in [-0.25, -0.2) is 0 Å². The van der Waals surface area contributed by atoms with Crippen molar-refractivity contribution in [1.82, 2.24) is 19.9 Å². The predicted octanol–water partition coefficient (Wildman–Crippen LogP) is 4.27. The highest BCUT2D eigenvalue weighted by atomic mass is 16.4. The molecule has 0 aliphatic heterocycles. The second-order valence-electron chi connectivity index (χ2n) is 10.3. The highest BCUT2D eigenvalue weighted by Crippen LogP contribution is 2.93. The van der Waals surface area contributed by atoms with Gasteiger partial charge in [0, 0.05) is 52.3 Å². The molecule has 7 nitrogen and oxygen atoms in total. The summed E-state index contributed by atoms with van der Waals surface area (Å²) in [5, 5.41) is 13.9. The van der Waals surface area contributed by atoms with Crippen LogP contribution in [0.25, 0.3) is 22.0 Å². The first-order valence-electron chi connectivity index (χ1n) is 12.0. The number of para-hydroxylation sites is 1. The number of amides is 1. The van der Waals surface area contributed by atoms with E-state index in [9.17, 15) is 14.7 Å². The monoisotopic (exact) mass is 464 g/mol. The number of hydrogen-bond acceptors (Lipinski definition) is 4. The van der Waals surface area contributed by atoms with E-state index < -0.39 is 11.4 Å². The first kappa shape index (κ1) is 20.4. The summed E-state index contributed by atoms with van der Waals surface area (Å²) in [6.45, 7) is 0.540. The lowest BCUT2D eigenvalue weighted by Gasteiger charge is -2.21. The number of carbonyl (C=O) groups excluding carboxylic acids is 1.